The van der Waals surface area contributed by atoms with Gasteiger partial charge in [-0.3, -0.25) is 14.7 Å². The molecule has 1 aromatic heterocycles. The minimum absolute atomic E-state index is 0.0228. The van der Waals surface area contributed by atoms with Gasteiger partial charge in [0.15, 0.2) is 5.16 Å². The molecule has 0 aliphatic carbocycles. The molecule has 30 heavy (non-hydrogen) atoms. The number of likely N-dealkylation sites (tertiary alicyclic amines) is 1. The number of carbonyl (C=O) groups excluding carboxylic acids is 2. The highest BCUT2D eigenvalue weighted by atomic mass is 32.2. The van der Waals surface area contributed by atoms with E-state index in [-0.39, 0.29) is 11.8 Å². The van der Waals surface area contributed by atoms with Crippen molar-refractivity contribution in [1.29, 1.82) is 0 Å². The normalized spacial score (nSPS) is 13.8. The number of nitrogens with zero attached hydrogens (tertiary/aromatic N) is 3. The first-order chi connectivity index (χ1) is 14.7. The molecule has 0 atom stereocenters. The van der Waals surface area contributed by atoms with Crippen molar-refractivity contribution in [2.75, 3.05) is 18.4 Å². The van der Waals surface area contributed by atoms with Crippen LogP contribution < -0.4 is 5.32 Å². The summed E-state index contributed by atoms with van der Waals surface area (Å²) >= 11 is 1.54. The summed E-state index contributed by atoms with van der Waals surface area (Å²) in [6, 6.07) is 14.6. The molecule has 4 rings (SSSR count). The number of para-hydroxylation sites is 1. The van der Waals surface area contributed by atoms with E-state index in [1.807, 2.05) is 29.2 Å². The second kappa shape index (κ2) is 9.58. The summed E-state index contributed by atoms with van der Waals surface area (Å²) in [5, 5.41) is 10.3. The van der Waals surface area contributed by atoms with Crippen molar-refractivity contribution >= 4 is 29.3 Å². The van der Waals surface area contributed by atoms with Gasteiger partial charge in [-0.05, 0) is 49.1 Å². The van der Waals surface area contributed by atoms with Gasteiger partial charge in [0.05, 0.1) is 11.3 Å². The highest BCUT2D eigenvalue weighted by molar-refractivity contribution is 7.98. The standard InChI is InChI=1S/C22H23N5O2S/c28-20(17-10-8-16(9-11-17)14-30-22-23-15-24-26-22)25-19-7-3-2-6-18(19)21(29)27-12-4-1-5-13-27/h2-3,6-11,15H,1,4-5,12-14H2,(H,25,28)(H,23,24,26). The highest BCUT2D eigenvalue weighted by Gasteiger charge is 2.21. The van der Waals surface area contributed by atoms with E-state index < -0.39 is 0 Å². The fraction of sp³-hybridized carbons (Fsp3) is 0.273. The zero-order valence-corrected chi connectivity index (χ0v) is 17.3. The van der Waals surface area contributed by atoms with E-state index in [1.165, 1.54) is 6.33 Å². The molecule has 0 radical (unpaired) electrons. The van der Waals surface area contributed by atoms with Crippen molar-refractivity contribution < 1.29 is 9.59 Å². The maximum atomic E-state index is 12.9. The van der Waals surface area contributed by atoms with Crippen LogP contribution in [0.4, 0.5) is 5.69 Å². The Labute approximate surface area is 179 Å². The Kier molecular flexibility index (Phi) is 6.44. The Morgan fingerprint density at radius 2 is 1.80 bits per heavy atom. The van der Waals surface area contributed by atoms with E-state index in [0.29, 0.717) is 16.8 Å². The van der Waals surface area contributed by atoms with E-state index in [4.69, 9.17) is 0 Å². The molecule has 2 amide bonds. The fourth-order valence-electron chi connectivity index (χ4n) is 3.41. The Morgan fingerprint density at radius 3 is 2.53 bits per heavy atom. The quantitative estimate of drug-likeness (QED) is 0.588. The molecule has 2 heterocycles. The van der Waals surface area contributed by atoms with Gasteiger partial charge in [0.1, 0.15) is 6.33 Å². The Bertz CT molecular complexity index is 999. The van der Waals surface area contributed by atoms with Crippen LogP contribution in [0.5, 0.6) is 0 Å². The van der Waals surface area contributed by atoms with Crippen LogP contribution in [-0.4, -0.2) is 45.0 Å². The van der Waals surface area contributed by atoms with Crippen LogP contribution in [0.15, 0.2) is 60.0 Å². The van der Waals surface area contributed by atoms with Crippen LogP contribution in [0.2, 0.25) is 0 Å². The predicted octanol–water partition coefficient (Wildman–Crippen LogP) is 3.98. The Balaban J connectivity index is 1.41. The minimum Gasteiger partial charge on any atom is -0.339 e. The van der Waals surface area contributed by atoms with Crippen molar-refractivity contribution in [2.24, 2.45) is 0 Å². The van der Waals surface area contributed by atoms with Gasteiger partial charge in [-0.2, -0.15) is 5.10 Å². The number of benzene rings is 2. The van der Waals surface area contributed by atoms with Crippen molar-refractivity contribution in [1.82, 2.24) is 20.1 Å². The van der Waals surface area contributed by atoms with Crippen LogP contribution in [0.3, 0.4) is 0 Å². The van der Waals surface area contributed by atoms with Gasteiger partial charge < -0.3 is 10.2 Å². The molecule has 3 aromatic rings. The smallest absolute Gasteiger partial charge is 0.255 e. The van der Waals surface area contributed by atoms with Crippen LogP contribution in [0.1, 0.15) is 45.5 Å². The van der Waals surface area contributed by atoms with Gasteiger partial charge in [-0.15, -0.1) is 0 Å². The lowest BCUT2D eigenvalue weighted by atomic mass is 10.1. The molecule has 2 aromatic carbocycles. The summed E-state index contributed by atoms with van der Waals surface area (Å²) in [4.78, 5) is 31.6. The molecule has 0 unspecified atom stereocenters. The van der Waals surface area contributed by atoms with E-state index in [1.54, 1.807) is 36.0 Å². The molecular formula is C22H23N5O2S. The lowest BCUT2D eigenvalue weighted by molar-refractivity contribution is 0.0725. The highest BCUT2D eigenvalue weighted by Crippen LogP contribution is 2.22. The summed E-state index contributed by atoms with van der Waals surface area (Å²) in [6.45, 7) is 1.54. The number of carbonyl (C=O) groups is 2. The molecular weight excluding hydrogens is 398 g/mol. The van der Waals surface area contributed by atoms with Crippen LogP contribution >= 0.6 is 11.8 Å². The van der Waals surface area contributed by atoms with Crippen molar-refractivity contribution in [3.63, 3.8) is 0 Å². The maximum absolute atomic E-state index is 12.9. The second-order valence-corrected chi connectivity index (χ2v) is 8.09. The Morgan fingerprint density at radius 1 is 1.03 bits per heavy atom. The predicted molar refractivity (Wildman–Crippen MR) is 117 cm³/mol. The van der Waals surface area contributed by atoms with Gasteiger partial charge in [0.2, 0.25) is 0 Å². The van der Waals surface area contributed by atoms with Gasteiger partial charge >= 0.3 is 0 Å². The van der Waals surface area contributed by atoms with E-state index in [0.717, 1.165) is 48.8 Å². The van der Waals surface area contributed by atoms with Gasteiger partial charge in [-0.1, -0.05) is 36.0 Å². The molecule has 154 valence electrons. The summed E-state index contributed by atoms with van der Waals surface area (Å²) in [7, 11) is 0. The number of rotatable bonds is 6. The van der Waals surface area contributed by atoms with E-state index in [2.05, 4.69) is 20.5 Å². The number of aromatic amines is 1. The fourth-order valence-corrected chi connectivity index (χ4v) is 4.14. The number of aromatic nitrogens is 3. The van der Waals surface area contributed by atoms with Crippen molar-refractivity contribution in [2.45, 2.75) is 30.2 Å². The average molecular weight is 422 g/mol. The van der Waals surface area contributed by atoms with Crippen LogP contribution in [-0.2, 0) is 5.75 Å². The van der Waals surface area contributed by atoms with Crippen molar-refractivity contribution in [3.8, 4) is 0 Å². The molecule has 8 heteroatoms. The molecule has 1 aliphatic rings. The van der Waals surface area contributed by atoms with Gasteiger partial charge in [0.25, 0.3) is 11.8 Å². The minimum atomic E-state index is -0.233. The van der Waals surface area contributed by atoms with Gasteiger partial charge in [0, 0.05) is 24.4 Å². The molecule has 1 fully saturated rings. The van der Waals surface area contributed by atoms with Gasteiger partial charge in [-0.25, -0.2) is 4.98 Å². The number of thioether (sulfide) groups is 1. The Hall–Kier alpha value is -3.13. The summed E-state index contributed by atoms with van der Waals surface area (Å²) < 4.78 is 0. The van der Waals surface area contributed by atoms with Crippen LogP contribution in [0, 0.1) is 0 Å². The third kappa shape index (κ3) is 4.88. The molecule has 7 nitrogen and oxygen atoms in total. The average Bonchev–Trinajstić information content (AvgIpc) is 3.32. The number of nitrogens with one attached hydrogen (secondary N) is 2. The van der Waals surface area contributed by atoms with E-state index >= 15 is 0 Å². The molecule has 2 N–H and O–H groups in total. The molecule has 0 bridgehead atoms. The third-order valence-electron chi connectivity index (χ3n) is 5.03. The number of anilines is 1. The SMILES string of the molecule is O=C(Nc1ccccc1C(=O)N1CCCCC1)c1ccc(CSc2ncn[nH]2)cc1. The zero-order chi connectivity index (χ0) is 20.8. The monoisotopic (exact) mass is 421 g/mol. The maximum Gasteiger partial charge on any atom is 0.255 e. The number of hydrogen-bond donors (Lipinski definition) is 2. The molecule has 0 spiro atoms. The first kappa shape index (κ1) is 20.2. The summed E-state index contributed by atoms with van der Waals surface area (Å²) in [5.41, 5.74) is 2.70. The number of hydrogen-bond acceptors (Lipinski definition) is 5. The molecule has 1 aliphatic heterocycles. The molecule has 1 saturated heterocycles. The first-order valence-electron chi connectivity index (χ1n) is 9.97. The summed E-state index contributed by atoms with van der Waals surface area (Å²) in [6.07, 6.45) is 4.70. The molecule has 0 saturated carbocycles. The number of amides is 2. The summed E-state index contributed by atoms with van der Waals surface area (Å²) in [5.74, 6) is 0.471. The third-order valence-corrected chi connectivity index (χ3v) is 5.98. The number of H-pyrrole nitrogens is 1. The van der Waals surface area contributed by atoms with E-state index in [9.17, 15) is 9.59 Å². The lowest BCUT2D eigenvalue weighted by Gasteiger charge is -2.27. The van der Waals surface area contributed by atoms with Crippen LogP contribution in [0.25, 0.3) is 0 Å². The zero-order valence-electron chi connectivity index (χ0n) is 16.5. The first-order valence-corrected chi connectivity index (χ1v) is 11.0. The second-order valence-electron chi connectivity index (χ2n) is 7.13. The largest absolute Gasteiger partial charge is 0.339 e. The topological polar surface area (TPSA) is 91.0 Å². The lowest BCUT2D eigenvalue weighted by Crippen LogP contribution is -2.36. The number of piperidine rings is 1. The van der Waals surface area contributed by atoms with Crippen molar-refractivity contribution in [3.05, 3.63) is 71.5 Å².